The van der Waals surface area contributed by atoms with Crippen LogP contribution in [0, 0.1) is 0 Å². The predicted molar refractivity (Wildman–Crippen MR) is 86.1 cm³/mol. The molecule has 0 aromatic heterocycles. The van der Waals surface area contributed by atoms with E-state index in [0.29, 0.717) is 0 Å². The highest BCUT2D eigenvalue weighted by molar-refractivity contribution is 8.13. The van der Waals surface area contributed by atoms with E-state index in [-0.39, 0.29) is 29.9 Å². The molecule has 7 heteroatoms. The second-order valence-electron chi connectivity index (χ2n) is 5.06. The van der Waals surface area contributed by atoms with Crippen molar-refractivity contribution in [3.8, 4) is 0 Å². The zero-order valence-corrected chi connectivity index (χ0v) is 14.1. The molecule has 122 valence electrons. The maximum Gasteiger partial charge on any atom is 0.329 e. The van der Waals surface area contributed by atoms with Gasteiger partial charge in [0.15, 0.2) is 11.3 Å². The van der Waals surface area contributed by atoms with Gasteiger partial charge in [0.2, 0.25) is 6.54 Å². The van der Waals surface area contributed by atoms with Crippen molar-refractivity contribution in [2.24, 2.45) is 0 Å². The number of rotatable bonds is 7. The molecule has 1 amide bonds. The Bertz CT molecular complexity index is 500. The molecule has 1 N–H and O–H groups in total. The number of hydrogen-bond acceptors (Lipinski definition) is 5. The average molecular weight is 327 g/mol. The molecule has 0 aromatic carbocycles. The standard InChI is InChI=1S/C15H22N2O4S/c1-4-21-15(20)13(10-22-12(3)18)16-14(19)9-17-7-5-11(2)6-8-17/h5,7,13H,4,6,8-10H2,1-3H3/p+1. The van der Waals surface area contributed by atoms with Crippen LogP contribution in [0.1, 0.15) is 27.2 Å². The number of nitrogens with zero attached hydrogens (tertiary/aromatic N) is 1. The van der Waals surface area contributed by atoms with E-state index in [9.17, 15) is 14.4 Å². The van der Waals surface area contributed by atoms with Crippen molar-refractivity contribution in [2.45, 2.75) is 33.2 Å². The number of ether oxygens (including phenoxy) is 1. The zero-order valence-electron chi connectivity index (χ0n) is 13.3. The Kier molecular flexibility index (Phi) is 7.87. The molecule has 1 aliphatic heterocycles. The Labute approximate surface area is 135 Å². The van der Waals surface area contributed by atoms with Crippen molar-refractivity contribution in [1.29, 1.82) is 0 Å². The minimum absolute atomic E-state index is 0.103. The summed E-state index contributed by atoms with van der Waals surface area (Å²) in [4.78, 5) is 34.9. The van der Waals surface area contributed by atoms with E-state index in [1.165, 1.54) is 12.5 Å². The van der Waals surface area contributed by atoms with E-state index in [2.05, 4.69) is 5.32 Å². The summed E-state index contributed by atoms with van der Waals surface area (Å²) in [5.41, 5.74) is 1.28. The van der Waals surface area contributed by atoms with Crippen LogP contribution in [0.2, 0.25) is 0 Å². The first kappa shape index (κ1) is 18.4. The monoisotopic (exact) mass is 327 g/mol. The first-order chi connectivity index (χ1) is 10.4. The number of allylic oxidation sites excluding steroid dienone is 1. The van der Waals surface area contributed by atoms with Crippen LogP contribution >= 0.6 is 11.8 Å². The third-order valence-electron chi connectivity index (χ3n) is 3.07. The van der Waals surface area contributed by atoms with Gasteiger partial charge in [-0.25, -0.2) is 9.37 Å². The van der Waals surface area contributed by atoms with Crippen LogP contribution in [-0.2, 0) is 19.1 Å². The van der Waals surface area contributed by atoms with E-state index >= 15 is 0 Å². The fraction of sp³-hybridized carbons (Fsp3) is 0.600. The van der Waals surface area contributed by atoms with Gasteiger partial charge in [0, 0.05) is 25.2 Å². The van der Waals surface area contributed by atoms with E-state index in [1.54, 1.807) is 6.92 Å². The van der Waals surface area contributed by atoms with Gasteiger partial charge in [0.25, 0.3) is 5.91 Å². The first-order valence-electron chi connectivity index (χ1n) is 7.26. The third-order valence-corrected chi connectivity index (χ3v) is 3.98. The summed E-state index contributed by atoms with van der Waals surface area (Å²) in [7, 11) is 0. The van der Waals surface area contributed by atoms with Gasteiger partial charge in [0.05, 0.1) is 6.61 Å². The summed E-state index contributed by atoms with van der Waals surface area (Å²) in [6.07, 6.45) is 4.78. The van der Waals surface area contributed by atoms with Gasteiger partial charge in [0.1, 0.15) is 12.6 Å². The topological polar surface area (TPSA) is 75.5 Å². The molecule has 0 radical (unpaired) electrons. The van der Waals surface area contributed by atoms with E-state index < -0.39 is 12.0 Å². The lowest BCUT2D eigenvalue weighted by atomic mass is 10.1. The van der Waals surface area contributed by atoms with Crippen LogP contribution in [0.4, 0.5) is 0 Å². The fourth-order valence-corrected chi connectivity index (χ4v) is 2.50. The SMILES string of the molecule is CCOC(=O)C(CSC(C)=O)NC(=O)C[N+]1=CC=C(C)CC1. The minimum Gasteiger partial charge on any atom is -0.464 e. The molecule has 1 heterocycles. The molecule has 0 bridgehead atoms. The summed E-state index contributed by atoms with van der Waals surface area (Å²) in [6.45, 7) is 6.37. The molecule has 22 heavy (non-hydrogen) atoms. The summed E-state index contributed by atoms with van der Waals surface area (Å²) in [6, 6.07) is -0.802. The Balaban J connectivity index is 2.57. The lowest BCUT2D eigenvalue weighted by molar-refractivity contribution is -0.512. The van der Waals surface area contributed by atoms with Crippen LogP contribution < -0.4 is 5.32 Å². The smallest absolute Gasteiger partial charge is 0.329 e. The van der Waals surface area contributed by atoms with Gasteiger partial charge in [-0.2, -0.15) is 0 Å². The third kappa shape index (κ3) is 6.89. The second kappa shape index (κ2) is 9.40. The summed E-state index contributed by atoms with van der Waals surface area (Å²) in [5, 5.41) is 2.54. The molecule has 1 rings (SSSR count). The minimum atomic E-state index is -0.802. The molecular formula is C15H23N2O4S+. The number of amides is 1. The van der Waals surface area contributed by atoms with Gasteiger partial charge >= 0.3 is 5.97 Å². The molecule has 1 atom stereocenters. The predicted octanol–water partition coefficient (Wildman–Crippen LogP) is 0.747. The Morgan fingerprint density at radius 2 is 2.18 bits per heavy atom. The lowest BCUT2D eigenvalue weighted by Gasteiger charge is -2.16. The fourth-order valence-electron chi connectivity index (χ4n) is 1.88. The van der Waals surface area contributed by atoms with Crippen molar-refractivity contribution in [3.05, 3.63) is 11.6 Å². The maximum absolute atomic E-state index is 12.1. The average Bonchev–Trinajstić information content (AvgIpc) is 2.46. The number of nitrogens with one attached hydrogen (secondary N) is 1. The van der Waals surface area contributed by atoms with Crippen molar-refractivity contribution >= 4 is 35.0 Å². The lowest BCUT2D eigenvalue weighted by Crippen LogP contribution is -2.46. The van der Waals surface area contributed by atoms with Gasteiger partial charge < -0.3 is 10.1 Å². The highest BCUT2D eigenvalue weighted by Crippen LogP contribution is 2.06. The second-order valence-corrected chi connectivity index (χ2v) is 6.25. The Morgan fingerprint density at radius 1 is 1.45 bits per heavy atom. The molecule has 0 spiro atoms. The molecule has 6 nitrogen and oxygen atoms in total. The maximum atomic E-state index is 12.1. The van der Waals surface area contributed by atoms with Crippen molar-refractivity contribution in [2.75, 3.05) is 25.4 Å². The molecule has 0 fully saturated rings. The summed E-state index contributed by atoms with van der Waals surface area (Å²) < 4.78 is 6.82. The number of thioether (sulfide) groups is 1. The van der Waals surface area contributed by atoms with Crippen LogP contribution in [0.25, 0.3) is 0 Å². The van der Waals surface area contributed by atoms with Gasteiger partial charge in [-0.05, 0) is 13.8 Å². The van der Waals surface area contributed by atoms with Crippen molar-refractivity contribution in [1.82, 2.24) is 5.32 Å². The van der Waals surface area contributed by atoms with Gasteiger partial charge in [-0.3, -0.25) is 9.59 Å². The zero-order chi connectivity index (χ0) is 16.5. The number of carbonyl (C=O) groups is 3. The molecule has 0 saturated carbocycles. The highest BCUT2D eigenvalue weighted by Gasteiger charge is 2.25. The largest absolute Gasteiger partial charge is 0.464 e. The Morgan fingerprint density at radius 3 is 2.73 bits per heavy atom. The number of hydrogen-bond donors (Lipinski definition) is 1. The quantitative estimate of drug-likeness (QED) is 0.551. The van der Waals surface area contributed by atoms with Crippen molar-refractivity contribution < 1.29 is 23.7 Å². The van der Waals surface area contributed by atoms with Crippen LogP contribution in [0.15, 0.2) is 11.6 Å². The number of esters is 1. The molecule has 0 saturated heterocycles. The van der Waals surface area contributed by atoms with Crippen LogP contribution in [0.5, 0.6) is 0 Å². The first-order valence-corrected chi connectivity index (χ1v) is 8.25. The number of carbonyl (C=O) groups excluding carboxylic acids is 3. The Hall–Kier alpha value is -1.63. The van der Waals surface area contributed by atoms with E-state index in [0.717, 1.165) is 24.7 Å². The van der Waals surface area contributed by atoms with Gasteiger partial charge in [-0.15, -0.1) is 0 Å². The van der Waals surface area contributed by atoms with Crippen LogP contribution in [-0.4, -0.2) is 59.3 Å². The normalized spacial score (nSPS) is 15.4. The molecule has 0 aromatic rings. The molecule has 1 aliphatic rings. The van der Waals surface area contributed by atoms with Gasteiger partial charge in [-0.1, -0.05) is 17.3 Å². The molecule has 0 aliphatic carbocycles. The molecular weight excluding hydrogens is 304 g/mol. The van der Waals surface area contributed by atoms with E-state index in [1.807, 2.05) is 23.8 Å². The van der Waals surface area contributed by atoms with Crippen molar-refractivity contribution in [3.63, 3.8) is 0 Å². The summed E-state index contributed by atoms with van der Waals surface area (Å²) in [5.74, 6) is -0.586. The van der Waals surface area contributed by atoms with Crippen LogP contribution in [0.3, 0.4) is 0 Å². The highest BCUT2D eigenvalue weighted by atomic mass is 32.2. The summed E-state index contributed by atoms with van der Waals surface area (Å²) >= 11 is 0.997. The van der Waals surface area contributed by atoms with E-state index in [4.69, 9.17) is 4.74 Å². The molecule has 1 unspecified atom stereocenters.